The van der Waals surface area contributed by atoms with Crippen molar-refractivity contribution in [2.75, 3.05) is 18.5 Å². The number of aliphatic hydroxyl groups is 2. The van der Waals surface area contributed by atoms with Crippen LogP contribution >= 0.6 is 0 Å². The molecule has 0 spiro atoms. The van der Waals surface area contributed by atoms with Crippen LogP contribution in [0, 0.1) is 5.82 Å². The molecule has 1 aromatic rings. The molecule has 1 rings (SSSR count). The Morgan fingerprint density at radius 1 is 1.38 bits per heavy atom. The highest BCUT2D eigenvalue weighted by Gasteiger charge is 2.16. The monoisotopic (exact) mass is 229 g/mol. The second kappa shape index (κ2) is 5.81. The van der Waals surface area contributed by atoms with Gasteiger partial charge in [0.25, 0.3) is 0 Å². The Bertz CT molecular complexity index is 350. The van der Waals surface area contributed by atoms with Gasteiger partial charge in [-0.2, -0.15) is 0 Å². The SMILES string of the molecule is OCC(O)CNc1ccc(F)c(B(O)O)c1. The molecule has 0 aliphatic carbocycles. The predicted octanol–water partition coefficient (Wildman–Crippen LogP) is -1.73. The van der Waals surface area contributed by atoms with Crippen molar-refractivity contribution in [2.45, 2.75) is 6.10 Å². The summed E-state index contributed by atoms with van der Waals surface area (Å²) < 4.78 is 13.0. The van der Waals surface area contributed by atoms with Gasteiger partial charge in [-0.25, -0.2) is 4.39 Å². The maximum absolute atomic E-state index is 13.0. The summed E-state index contributed by atoms with van der Waals surface area (Å²) in [4.78, 5) is 0. The van der Waals surface area contributed by atoms with Gasteiger partial charge in [0, 0.05) is 17.7 Å². The first-order valence-corrected chi connectivity index (χ1v) is 4.73. The third-order valence-corrected chi connectivity index (χ3v) is 2.03. The van der Waals surface area contributed by atoms with E-state index in [-0.39, 0.29) is 18.6 Å². The van der Waals surface area contributed by atoms with Crippen molar-refractivity contribution in [2.24, 2.45) is 0 Å². The predicted molar refractivity (Wildman–Crippen MR) is 57.8 cm³/mol. The topological polar surface area (TPSA) is 93.0 Å². The van der Waals surface area contributed by atoms with Crippen molar-refractivity contribution >= 4 is 18.3 Å². The van der Waals surface area contributed by atoms with Gasteiger partial charge in [-0.3, -0.25) is 0 Å². The fraction of sp³-hybridized carbons (Fsp3) is 0.333. The average molecular weight is 229 g/mol. The first kappa shape index (κ1) is 12.9. The lowest BCUT2D eigenvalue weighted by Gasteiger charge is -2.11. The number of hydrogen-bond acceptors (Lipinski definition) is 5. The van der Waals surface area contributed by atoms with Crippen molar-refractivity contribution < 1.29 is 24.7 Å². The number of rotatable bonds is 5. The van der Waals surface area contributed by atoms with Crippen LogP contribution in [-0.2, 0) is 0 Å². The van der Waals surface area contributed by atoms with Gasteiger partial charge in [0.1, 0.15) is 5.82 Å². The number of halogens is 1. The summed E-state index contributed by atoms with van der Waals surface area (Å²) in [6.07, 6.45) is -0.924. The van der Waals surface area contributed by atoms with E-state index < -0.39 is 19.0 Å². The lowest BCUT2D eigenvalue weighted by Crippen LogP contribution is -2.33. The summed E-state index contributed by atoms with van der Waals surface area (Å²) in [5.41, 5.74) is 0.181. The Morgan fingerprint density at radius 3 is 2.62 bits per heavy atom. The van der Waals surface area contributed by atoms with E-state index in [1.807, 2.05) is 0 Å². The van der Waals surface area contributed by atoms with Crippen LogP contribution in [-0.4, -0.2) is 46.6 Å². The van der Waals surface area contributed by atoms with Gasteiger partial charge in [-0.1, -0.05) is 0 Å². The lowest BCUT2D eigenvalue weighted by molar-refractivity contribution is 0.105. The molecule has 0 fully saturated rings. The zero-order chi connectivity index (χ0) is 12.1. The number of anilines is 1. The maximum atomic E-state index is 13.0. The minimum Gasteiger partial charge on any atom is -0.423 e. The maximum Gasteiger partial charge on any atom is 0.491 e. The van der Waals surface area contributed by atoms with Crippen LogP contribution in [0.2, 0.25) is 0 Å². The fourth-order valence-electron chi connectivity index (χ4n) is 1.15. The van der Waals surface area contributed by atoms with Gasteiger partial charge >= 0.3 is 7.12 Å². The molecule has 0 aromatic heterocycles. The third-order valence-electron chi connectivity index (χ3n) is 2.03. The summed E-state index contributed by atoms with van der Waals surface area (Å²) in [5.74, 6) is -0.719. The molecule has 0 aliphatic rings. The minimum atomic E-state index is -1.88. The zero-order valence-corrected chi connectivity index (χ0v) is 8.47. The standard InChI is InChI=1S/C9H13BFNO4/c11-9-2-1-6(3-8(9)10(15)16)12-4-7(14)5-13/h1-3,7,12-16H,4-5H2. The van der Waals surface area contributed by atoms with Crippen LogP contribution in [0.15, 0.2) is 18.2 Å². The molecule has 16 heavy (non-hydrogen) atoms. The molecular weight excluding hydrogens is 216 g/mol. The lowest BCUT2D eigenvalue weighted by atomic mass is 9.79. The molecule has 0 amide bonds. The van der Waals surface area contributed by atoms with E-state index in [4.69, 9.17) is 20.3 Å². The van der Waals surface area contributed by atoms with Crippen molar-refractivity contribution in [1.29, 1.82) is 0 Å². The number of aliphatic hydroxyl groups excluding tert-OH is 2. The van der Waals surface area contributed by atoms with Crippen molar-refractivity contribution in [3.63, 3.8) is 0 Å². The van der Waals surface area contributed by atoms with Crippen LogP contribution in [0.4, 0.5) is 10.1 Å². The summed E-state index contributed by atoms with van der Waals surface area (Å²) in [6.45, 7) is -0.299. The summed E-state index contributed by atoms with van der Waals surface area (Å²) in [7, 11) is -1.88. The Labute approximate surface area is 92.3 Å². The molecule has 1 unspecified atom stereocenters. The van der Waals surface area contributed by atoms with E-state index in [9.17, 15) is 4.39 Å². The smallest absolute Gasteiger partial charge is 0.423 e. The highest BCUT2D eigenvalue weighted by Crippen LogP contribution is 2.07. The zero-order valence-electron chi connectivity index (χ0n) is 8.47. The van der Waals surface area contributed by atoms with E-state index in [2.05, 4.69) is 5.32 Å². The normalized spacial score (nSPS) is 12.3. The van der Waals surface area contributed by atoms with E-state index in [0.29, 0.717) is 5.69 Å². The highest BCUT2D eigenvalue weighted by molar-refractivity contribution is 6.58. The molecule has 0 bridgehead atoms. The molecule has 0 radical (unpaired) electrons. The van der Waals surface area contributed by atoms with Crippen LogP contribution in [0.1, 0.15) is 0 Å². The van der Waals surface area contributed by atoms with Crippen LogP contribution < -0.4 is 10.8 Å². The summed E-state index contributed by atoms with van der Waals surface area (Å²) in [5, 5.41) is 38.1. The Morgan fingerprint density at radius 2 is 2.06 bits per heavy atom. The van der Waals surface area contributed by atoms with Crippen molar-refractivity contribution in [1.82, 2.24) is 0 Å². The van der Waals surface area contributed by atoms with E-state index in [1.165, 1.54) is 12.1 Å². The second-order valence-corrected chi connectivity index (χ2v) is 3.33. The van der Waals surface area contributed by atoms with Gasteiger partial charge in [-0.15, -0.1) is 0 Å². The van der Waals surface area contributed by atoms with Crippen LogP contribution in [0.5, 0.6) is 0 Å². The van der Waals surface area contributed by atoms with Gasteiger partial charge in [0.15, 0.2) is 0 Å². The molecule has 1 aromatic carbocycles. The van der Waals surface area contributed by atoms with Gasteiger partial charge in [0.05, 0.1) is 12.7 Å². The Hall–Kier alpha value is -1.15. The van der Waals surface area contributed by atoms with Crippen molar-refractivity contribution in [3.05, 3.63) is 24.0 Å². The Balaban J connectivity index is 2.71. The second-order valence-electron chi connectivity index (χ2n) is 3.33. The van der Waals surface area contributed by atoms with E-state index in [0.717, 1.165) is 6.07 Å². The molecule has 5 nitrogen and oxygen atoms in total. The quantitative estimate of drug-likeness (QED) is 0.387. The summed E-state index contributed by atoms with van der Waals surface area (Å²) >= 11 is 0. The molecule has 5 N–H and O–H groups in total. The molecule has 0 saturated carbocycles. The summed E-state index contributed by atoms with van der Waals surface area (Å²) in [6, 6.07) is 3.71. The van der Waals surface area contributed by atoms with Crippen LogP contribution in [0.25, 0.3) is 0 Å². The molecule has 0 saturated heterocycles. The largest absolute Gasteiger partial charge is 0.491 e. The molecule has 0 aliphatic heterocycles. The van der Waals surface area contributed by atoms with E-state index >= 15 is 0 Å². The van der Waals surface area contributed by atoms with Crippen molar-refractivity contribution in [3.8, 4) is 0 Å². The molecule has 7 heteroatoms. The molecule has 1 atom stereocenters. The number of benzene rings is 1. The molecular formula is C9H13BFNO4. The average Bonchev–Trinajstić information content (AvgIpc) is 2.27. The molecule has 88 valence electrons. The van der Waals surface area contributed by atoms with Gasteiger partial charge in [0.2, 0.25) is 0 Å². The van der Waals surface area contributed by atoms with E-state index in [1.54, 1.807) is 0 Å². The first-order chi connectivity index (χ1) is 7.54. The minimum absolute atomic E-state index is 0.0864. The van der Waals surface area contributed by atoms with Gasteiger partial charge < -0.3 is 25.6 Å². The first-order valence-electron chi connectivity index (χ1n) is 4.73. The number of hydrogen-bond donors (Lipinski definition) is 5. The fourth-order valence-corrected chi connectivity index (χ4v) is 1.15. The number of nitrogens with one attached hydrogen (secondary N) is 1. The van der Waals surface area contributed by atoms with Gasteiger partial charge in [-0.05, 0) is 18.2 Å². The molecule has 0 heterocycles. The Kier molecular flexibility index (Phi) is 4.69. The third kappa shape index (κ3) is 3.46. The van der Waals surface area contributed by atoms with Crippen LogP contribution in [0.3, 0.4) is 0 Å². The highest BCUT2D eigenvalue weighted by atomic mass is 19.1.